The molecule has 0 aliphatic carbocycles. The van der Waals surface area contributed by atoms with Gasteiger partial charge in [-0.05, 0) is 49.4 Å². The van der Waals surface area contributed by atoms with Gasteiger partial charge in [0.1, 0.15) is 11.6 Å². The third-order valence-corrected chi connectivity index (χ3v) is 5.11. The highest BCUT2D eigenvalue weighted by atomic mass is 19.1. The van der Waals surface area contributed by atoms with Crippen molar-refractivity contribution in [3.8, 4) is 5.75 Å². The van der Waals surface area contributed by atoms with Crippen molar-refractivity contribution in [2.24, 2.45) is 0 Å². The fraction of sp³-hybridized carbons (Fsp3) is 0.304. The number of benzene rings is 2. The fourth-order valence-corrected chi connectivity index (χ4v) is 3.44. The average molecular weight is 412 g/mol. The monoisotopic (exact) mass is 412 g/mol. The first kappa shape index (κ1) is 21.5. The highest BCUT2D eigenvalue weighted by Crippen LogP contribution is 2.21. The first-order chi connectivity index (χ1) is 14.4. The van der Waals surface area contributed by atoms with Gasteiger partial charge in [-0.25, -0.2) is 4.39 Å². The van der Waals surface area contributed by atoms with Gasteiger partial charge in [0.2, 0.25) is 5.91 Å². The maximum Gasteiger partial charge on any atom is 0.279 e. The number of aryl methyl sites for hydroxylation is 1. The Kier molecular flexibility index (Phi) is 7.19. The maximum absolute atomic E-state index is 12.9. The lowest BCUT2D eigenvalue weighted by atomic mass is 10.1. The smallest absolute Gasteiger partial charge is 0.279 e. The number of ether oxygens (including phenoxy) is 1. The summed E-state index contributed by atoms with van der Waals surface area (Å²) in [5.41, 5.74) is 2.54. The van der Waals surface area contributed by atoms with Gasteiger partial charge in [0.25, 0.3) is 5.91 Å². The number of hydrogen-bond acceptors (Lipinski definition) is 3. The van der Waals surface area contributed by atoms with Crippen LogP contribution in [0.15, 0.2) is 48.5 Å². The summed E-state index contributed by atoms with van der Waals surface area (Å²) in [5.74, 6) is 0.219. The molecule has 3 rings (SSSR count). The third kappa shape index (κ3) is 5.90. The molecular formula is C23H27FN3O3+. The Balaban J connectivity index is 1.48. The van der Waals surface area contributed by atoms with Gasteiger partial charge in [-0.1, -0.05) is 11.6 Å². The van der Waals surface area contributed by atoms with Gasteiger partial charge in [0.05, 0.1) is 33.3 Å². The van der Waals surface area contributed by atoms with Crippen molar-refractivity contribution in [3.63, 3.8) is 0 Å². The topological polar surface area (TPSA) is 63.1 Å². The molecule has 1 aliphatic heterocycles. The Morgan fingerprint density at radius 3 is 2.53 bits per heavy atom. The predicted molar refractivity (Wildman–Crippen MR) is 114 cm³/mol. The lowest BCUT2D eigenvalue weighted by Gasteiger charge is -2.31. The van der Waals surface area contributed by atoms with E-state index in [9.17, 15) is 14.0 Å². The quantitative estimate of drug-likeness (QED) is 0.708. The third-order valence-electron chi connectivity index (χ3n) is 5.11. The van der Waals surface area contributed by atoms with Gasteiger partial charge in [-0.2, -0.15) is 0 Å². The Bertz CT molecular complexity index is 920. The molecule has 2 amide bonds. The summed E-state index contributed by atoms with van der Waals surface area (Å²) < 4.78 is 18.3. The molecule has 0 atom stereocenters. The fourth-order valence-electron chi connectivity index (χ4n) is 3.44. The van der Waals surface area contributed by atoms with E-state index < -0.39 is 0 Å². The van der Waals surface area contributed by atoms with Crippen LogP contribution in [0, 0.1) is 12.7 Å². The van der Waals surface area contributed by atoms with Crippen LogP contribution in [-0.2, 0) is 9.59 Å². The summed E-state index contributed by atoms with van der Waals surface area (Å²) in [7, 11) is 1.61. The van der Waals surface area contributed by atoms with Crippen LogP contribution >= 0.6 is 0 Å². The summed E-state index contributed by atoms with van der Waals surface area (Å²) >= 11 is 0. The zero-order valence-electron chi connectivity index (χ0n) is 17.3. The molecule has 0 unspecified atom stereocenters. The van der Waals surface area contributed by atoms with Crippen molar-refractivity contribution in [3.05, 3.63) is 65.5 Å². The maximum atomic E-state index is 12.9. The molecule has 1 aliphatic rings. The van der Waals surface area contributed by atoms with Crippen LogP contribution in [0.5, 0.6) is 5.75 Å². The molecule has 158 valence electrons. The Hall–Kier alpha value is -3.19. The molecular weight excluding hydrogens is 385 g/mol. The van der Waals surface area contributed by atoms with E-state index in [4.69, 9.17) is 4.74 Å². The number of piperazine rings is 1. The second-order valence-electron chi connectivity index (χ2n) is 7.39. The highest BCUT2D eigenvalue weighted by Gasteiger charge is 2.24. The molecule has 7 heteroatoms. The summed E-state index contributed by atoms with van der Waals surface area (Å²) in [6.45, 7) is 4.89. The standard InChI is InChI=1S/C23H26FN3O3/c1-17-3-9-21(30-2)18(15-17)4-10-23(29)27-13-11-26(12-14-27)16-22(28)25-20-7-5-19(24)6-8-20/h3-10,15H,11-14,16H2,1-2H3,(H,25,28)/p+1/b10-4+. The second-order valence-corrected chi connectivity index (χ2v) is 7.39. The molecule has 2 aromatic carbocycles. The molecule has 6 nitrogen and oxygen atoms in total. The van der Waals surface area contributed by atoms with E-state index in [2.05, 4.69) is 5.32 Å². The molecule has 0 bridgehead atoms. The largest absolute Gasteiger partial charge is 0.496 e. The van der Waals surface area contributed by atoms with Crippen LogP contribution in [0.1, 0.15) is 11.1 Å². The van der Waals surface area contributed by atoms with E-state index >= 15 is 0 Å². The van der Waals surface area contributed by atoms with Crippen LogP contribution in [0.3, 0.4) is 0 Å². The van der Waals surface area contributed by atoms with Crippen molar-refractivity contribution < 1.29 is 23.6 Å². The lowest BCUT2D eigenvalue weighted by molar-refractivity contribution is -0.895. The van der Waals surface area contributed by atoms with Crippen molar-refractivity contribution in [1.82, 2.24) is 4.90 Å². The minimum absolute atomic E-state index is 0.0478. The number of nitrogens with one attached hydrogen (secondary N) is 2. The summed E-state index contributed by atoms with van der Waals surface area (Å²) in [6, 6.07) is 11.5. The van der Waals surface area contributed by atoms with Gasteiger partial charge in [-0.3, -0.25) is 9.59 Å². The number of methoxy groups -OCH3 is 1. The van der Waals surface area contributed by atoms with Crippen molar-refractivity contribution >= 4 is 23.6 Å². The van der Waals surface area contributed by atoms with Crippen molar-refractivity contribution in [1.29, 1.82) is 0 Å². The number of anilines is 1. The van der Waals surface area contributed by atoms with E-state index in [1.165, 1.54) is 24.3 Å². The molecule has 1 fully saturated rings. The molecule has 2 aromatic rings. The summed E-state index contributed by atoms with van der Waals surface area (Å²) in [5, 5.41) is 2.77. The first-order valence-corrected chi connectivity index (χ1v) is 9.95. The van der Waals surface area contributed by atoms with E-state index in [0.29, 0.717) is 38.4 Å². The molecule has 2 N–H and O–H groups in total. The van der Waals surface area contributed by atoms with E-state index in [1.54, 1.807) is 24.2 Å². The number of halogens is 1. The minimum Gasteiger partial charge on any atom is -0.496 e. The normalized spacial score (nSPS) is 14.7. The average Bonchev–Trinajstić information content (AvgIpc) is 2.74. The Morgan fingerprint density at radius 2 is 1.87 bits per heavy atom. The number of quaternary nitrogens is 1. The molecule has 0 aromatic heterocycles. The molecule has 30 heavy (non-hydrogen) atoms. The number of amides is 2. The number of hydrogen-bond donors (Lipinski definition) is 2. The van der Waals surface area contributed by atoms with Crippen LogP contribution in [0.4, 0.5) is 10.1 Å². The SMILES string of the molecule is COc1ccc(C)cc1/C=C/C(=O)N1CC[NH+](CC(=O)Nc2ccc(F)cc2)CC1. The van der Waals surface area contributed by atoms with Gasteiger partial charge >= 0.3 is 0 Å². The van der Waals surface area contributed by atoms with Crippen molar-refractivity contribution in [2.75, 3.05) is 45.2 Å². The van der Waals surface area contributed by atoms with E-state index in [1.807, 2.05) is 25.1 Å². The van der Waals surface area contributed by atoms with Crippen LogP contribution in [0.2, 0.25) is 0 Å². The first-order valence-electron chi connectivity index (χ1n) is 9.95. The van der Waals surface area contributed by atoms with Gasteiger partial charge in [0, 0.05) is 17.3 Å². The van der Waals surface area contributed by atoms with Crippen molar-refractivity contribution in [2.45, 2.75) is 6.92 Å². The molecule has 0 saturated carbocycles. The molecule has 1 heterocycles. The highest BCUT2D eigenvalue weighted by molar-refractivity contribution is 5.92. The lowest BCUT2D eigenvalue weighted by Crippen LogP contribution is -3.15. The van der Waals surface area contributed by atoms with Gasteiger partial charge in [0.15, 0.2) is 6.54 Å². The van der Waals surface area contributed by atoms with Crippen LogP contribution in [-0.4, -0.2) is 56.5 Å². The zero-order chi connectivity index (χ0) is 21.5. The van der Waals surface area contributed by atoms with Crippen LogP contribution < -0.4 is 15.0 Å². The Labute approximate surface area is 175 Å². The van der Waals surface area contributed by atoms with Crippen LogP contribution in [0.25, 0.3) is 6.08 Å². The van der Waals surface area contributed by atoms with Gasteiger partial charge < -0.3 is 19.9 Å². The molecule has 0 radical (unpaired) electrons. The van der Waals surface area contributed by atoms with E-state index in [0.717, 1.165) is 21.8 Å². The molecule has 1 saturated heterocycles. The number of carbonyl (C=O) groups excluding carboxylic acids is 2. The number of rotatable bonds is 6. The summed E-state index contributed by atoms with van der Waals surface area (Å²) in [4.78, 5) is 27.6. The summed E-state index contributed by atoms with van der Waals surface area (Å²) in [6.07, 6.45) is 3.35. The number of carbonyl (C=O) groups is 2. The van der Waals surface area contributed by atoms with E-state index in [-0.39, 0.29) is 17.6 Å². The second kappa shape index (κ2) is 10.0. The minimum atomic E-state index is -0.339. The zero-order valence-corrected chi connectivity index (χ0v) is 17.3. The van der Waals surface area contributed by atoms with Gasteiger partial charge in [-0.15, -0.1) is 0 Å². The number of nitrogens with zero attached hydrogens (tertiary/aromatic N) is 1. The Morgan fingerprint density at radius 1 is 1.17 bits per heavy atom. The predicted octanol–water partition coefficient (Wildman–Crippen LogP) is 1.52. The molecule has 0 spiro atoms.